The van der Waals surface area contributed by atoms with Crippen LogP contribution in [0.15, 0.2) is 48.8 Å². The third-order valence-electron chi connectivity index (χ3n) is 4.88. The van der Waals surface area contributed by atoms with Gasteiger partial charge in [-0.15, -0.1) is 0 Å². The Balaban J connectivity index is 1.82. The first-order valence-electron chi connectivity index (χ1n) is 9.96. The highest BCUT2D eigenvalue weighted by Crippen LogP contribution is 2.41. The van der Waals surface area contributed by atoms with Gasteiger partial charge in [0.15, 0.2) is 0 Å². The lowest BCUT2D eigenvalue weighted by Gasteiger charge is -2.18. The second kappa shape index (κ2) is 8.32. The minimum atomic E-state index is 0.164. The smallest absolute Gasteiger partial charge is 0.221 e. The van der Waals surface area contributed by atoms with Gasteiger partial charge in [0.25, 0.3) is 0 Å². The summed E-state index contributed by atoms with van der Waals surface area (Å²) in [5, 5.41) is 1.13. The van der Waals surface area contributed by atoms with Gasteiger partial charge in [0, 0.05) is 29.9 Å². The summed E-state index contributed by atoms with van der Waals surface area (Å²) >= 11 is 0. The Labute approximate surface area is 175 Å². The molecule has 0 unspecified atom stereocenters. The average Bonchev–Trinajstić information content (AvgIpc) is 3.18. The summed E-state index contributed by atoms with van der Waals surface area (Å²) in [5.74, 6) is 2.07. The maximum Gasteiger partial charge on any atom is 0.221 e. The Kier molecular flexibility index (Phi) is 5.43. The van der Waals surface area contributed by atoms with Crippen molar-refractivity contribution in [3.05, 3.63) is 59.9 Å². The normalized spacial score (nSPS) is 11.0. The van der Waals surface area contributed by atoms with E-state index in [0.717, 1.165) is 44.7 Å². The Morgan fingerprint density at radius 2 is 1.70 bits per heavy atom. The lowest BCUT2D eigenvalue weighted by atomic mass is 9.97. The van der Waals surface area contributed by atoms with Crippen LogP contribution in [-0.4, -0.2) is 28.2 Å². The monoisotopic (exact) mass is 403 g/mol. The highest BCUT2D eigenvalue weighted by Gasteiger charge is 2.17. The summed E-state index contributed by atoms with van der Waals surface area (Å²) in [6, 6.07) is 12.4. The van der Waals surface area contributed by atoms with Gasteiger partial charge in [-0.2, -0.15) is 4.98 Å². The van der Waals surface area contributed by atoms with Crippen molar-refractivity contribution in [3.63, 3.8) is 0 Å². The van der Waals surface area contributed by atoms with Crippen molar-refractivity contribution in [1.29, 1.82) is 0 Å². The SMILES string of the molecule is CCOc1cc(Cc2cnc(N)nc2N)cc(OCC)c1-c1ccc2[nH]ccc2c1. The highest BCUT2D eigenvalue weighted by molar-refractivity contribution is 5.88. The van der Waals surface area contributed by atoms with Crippen LogP contribution < -0.4 is 20.9 Å². The second-order valence-electron chi connectivity index (χ2n) is 6.93. The van der Waals surface area contributed by atoms with E-state index < -0.39 is 0 Å². The van der Waals surface area contributed by atoms with E-state index in [-0.39, 0.29) is 5.95 Å². The van der Waals surface area contributed by atoms with Crippen molar-refractivity contribution in [2.45, 2.75) is 20.3 Å². The Hall–Kier alpha value is -3.74. The number of anilines is 2. The zero-order valence-corrected chi connectivity index (χ0v) is 17.1. The Morgan fingerprint density at radius 1 is 0.967 bits per heavy atom. The van der Waals surface area contributed by atoms with Gasteiger partial charge in [0.05, 0.1) is 18.8 Å². The molecule has 0 aliphatic carbocycles. The molecule has 0 spiro atoms. The molecule has 0 radical (unpaired) electrons. The van der Waals surface area contributed by atoms with Crippen LogP contribution in [-0.2, 0) is 6.42 Å². The molecule has 4 aromatic rings. The van der Waals surface area contributed by atoms with Gasteiger partial charge in [0.2, 0.25) is 5.95 Å². The van der Waals surface area contributed by atoms with Crippen molar-refractivity contribution in [3.8, 4) is 22.6 Å². The van der Waals surface area contributed by atoms with Crippen LogP contribution in [0.4, 0.5) is 11.8 Å². The molecular weight excluding hydrogens is 378 g/mol. The van der Waals surface area contributed by atoms with Crippen LogP contribution in [0, 0.1) is 0 Å². The number of rotatable bonds is 7. The molecule has 2 aromatic heterocycles. The summed E-state index contributed by atoms with van der Waals surface area (Å²) in [6.45, 7) is 5.03. The molecule has 0 saturated carbocycles. The molecule has 0 atom stereocenters. The van der Waals surface area contributed by atoms with Gasteiger partial charge in [-0.25, -0.2) is 4.98 Å². The molecule has 7 heteroatoms. The molecule has 4 rings (SSSR count). The number of H-pyrrole nitrogens is 1. The summed E-state index contributed by atoms with van der Waals surface area (Å²) < 4.78 is 12.1. The number of aromatic nitrogens is 3. The Bertz CT molecular complexity index is 1160. The number of nitrogens with one attached hydrogen (secondary N) is 1. The second-order valence-corrected chi connectivity index (χ2v) is 6.93. The van der Waals surface area contributed by atoms with Gasteiger partial charge < -0.3 is 25.9 Å². The summed E-state index contributed by atoms with van der Waals surface area (Å²) in [4.78, 5) is 11.3. The van der Waals surface area contributed by atoms with Crippen molar-refractivity contribution in [2.75, 3.05) is 24.7 Å². The third kappa shape index (κ3) is 3.87. The molecule has 30 heavy (non-hydrogen) atoms. The van der Waals surface area contributed by atoms with Crippen LogP contribution in [0.2, 0.25) is 0 Å². The number of aromatic amines is 1. The number of hydrogen-bond donors (Lipinski definition) is 3. The van der Waals surface area contributed by atoms with E-state index in [2.05, 4.69) is 39.2 Å². The number of nitrogens with zero attached hydrogens (tertiary/aromatic N) is 2. The van der Waals surface area contributed by atoms with Crippen LogP contribution in [0.5, 0.6) is 11.5 Å². The van der Waals surface area contributed by atoms with E-state index in [0.29, 0.717) is 25.5 Å². The highest BCUT2D eigenvalue weighted by atomic mass is 16.5. The fourth-order valence-corrected chi connectivity index (χ4v) is 3.57. The van der Waals surface area contributed by atoms with Gasteiger partial charge in [0.1, 0.15) is 17.3 Å². The number of benzene rings is 2. The van der Waals surface area contributed by atoms with E-state index in [1.165, 1.54) is 0 Å². The van der Waals surface area contributed by atoms with E-state index in [9.17, 15) is 0 Å². The van der Waals surface area contributed by atoms with Crippen LogP contribution in [0.1, 0.15) is 25.0 Å². The van der Waals surface area contributed by atoms with Crippen molar-refractivity contribution in [2.24, 2.45) is 0 Å². The molecule has 0 saturated heterocycles. The third-order valence-corrected chi connectivity index (χ3v) is 4.88. The molecule has 5 N–H and O–H groups in total. The maximum absolute atomic E-state index is 6.03. The quantitative estimate of drug-likeness (QED) is 0.427. The summed E-state index contributed by atoms with van der Waals surface area (Å²) in [6.07, 6.45) is 4.14. The van der Waals surface area contributed by atoms with E-state index in [1.54, 1.807) is 6.20 Å². The Morgan fingerprint density at radius 3 is 2.37 bits per heavy atom. The van der Waals surface area contributed by atoms with Crippen molar-refractivity contribution < 1.29 is 9.47 Å². The van der Waals surface area contributed by atoms with Gasteiger partial charge in [-0.1, -0.05) is 6.07 Å². The lowest BCUT2D eigenvalue weighted by Crippen LogP contribution is -2.05. The molecule has 154 valence electrons. The van der Waals surface area contributed by atoms with E-state index in [1.807, 2.05) is 32.2 Å². The first-order chi connectivity index (χ1) is 14.6. The molecule has 0 aliphatic heterocycles. The minimum absolute atomic E-state index is 0.164. The zero-order valence-electron chi connectivity index (χ0n) is 17.1. The number of nitrogen functional groups attached to an aromatic ring is 2. The number of ether oxygens (including phenoxy) is 2. The summed E-state index contributed by atoms with van der Waals surface area (Å²) in [5.41, 5.74) is 16.5. The van der Waals surface area contributed by atoms with Gasteiger partial charge in [-0.3, -0.25) is 0 Å². The van der Waals surface area contributed by atoms with Crippen LogP contribution in [0.25, 0.3) is 22.0 Å². The lowest BCUT2D eigenvalue weighted by molar-refractivity contribution is 0.325. The van der Waals surface area contributed by atoms with E-state index >= 15 is 0 Å². The standard InChI is InChI=1S/C23H25N5O2/c1-3-29-19-10-14(9-17-13-27-23(25)28-22(17)24)11-20(30-4-2)21(19)16-5-6-18-15(12-16)7-8-26-18/h5-8,10-13,26H,3-4,9H2,1-2H3,(H4,24,25,27,28). The molecule has 7 nitrogen and oxygen atoms in total. The predicted octanol–water partition coefficient (Wildman–Crippen LogP) is 4.18. The number of fused-ring (bicyclic) bond motifs is 1. The molecule has 0 aliphatic rings. The van der Waals surface area contributed by atoms with Crippen LogP contribution in [0.3, 0.4) is 0 Å². The maximum atomic E-state index is 6.03. The topological polar surface area (TPSA) is 112 Å². The fraction of sp³-hybridized carbons (Fsp3) is 0.217. The van der Waals surface area contributed by atoms with Gasteiger partial charge >= 0.3 is 0 Å². The number of hydrogen-bond acceptors (Lipinski definition) is 6. The summed E-state index contributed by atoms with van der Waals surface area (Å²) in [7, 11) is 0. The number of nitrogens with two attached hydrogens (primary N) is 2. The molecule has 2 heterocycles. The molecular formula is C23H25N5O2. The molecule has 2 aromatic carbocycles. The van der Waals surface area contributed by atoms with Crippen molar-refractivity contribution >= 4 is 22.7 Å². The van der Waals surface area contributed by atoms with E-state index in [4.69, 9.17) is 20.9 Å². The first kappa shape index (κ1) is 19.6. The minimum Gasteiger partial charge on any atom is -0.493 e. The van der Waals surface area contributed by atoms with Crippen LogP contribution >= 0.6 is 0 Å². The van der Waals surface area contributed by atoms with Crippen molar-refractivity contribution in [1.82, 2.24) is 15.0 Å². The first-order valence-corrected chi connectivity index (χ1v) is 9.96. The molecule has 0 amide bonds. The zero-order chi connectivity index (χ0) is 21.1. The molecule has 0 bridgehead atoms. The van der Waals surface area contributed by atoms with Gasteiger partial charge in [-0.05, 0) is 60.7 Å². The largest absolute Gasteiger partial charge is 0.493 e. The predicted molar refractivity (Wildman–Crippen MR) is 120 cm³/mol. The fourth-order valence-electron chi connectivity index (χ4n) is 3.57. The average molecular weight is 403 g/mol. The molecule has 0 fully saturated rings.